The molecular weight excluding hydrogens is 263 g/mol. The average Bonchev–Trinajstić information content (AvgIpc) is 2.75. The van der Waals surface area contributed by atoms with Gasteiger partial charge in [-0.15, -0.1) is 0 Å². The van der Waals surface area contributed by atoms with Crippen LogP contribution in [0.25, 0.3) is 10.9 Å². The number of nitrogens with two attached hydrogens (primary N) is 1. The van der Waals surface area contributed by atoms with Crippen LogP contribution in [0, 0.1) is 5.82 Å². The van der Waals surface area contributed by atoms with Gasteiger partial charge < -0.3 is 10.3 Å². The summed E-state index contributed by atoms with van der Waals surface area (Å²) in [7, 11) is 0. The lowest BCUT2D eigenvalue weighted by Gasteiger charge is -2.08. The van der Waals surface area contributed by atoms with Crippen molar-refractivity contribution in [2.75, 3.05) is 5.73 Å². The highest BCUT2D eigenvalue weighted by molar-refractivity contribution is 6.31. The Bertz CT molecular complexity index is 749. The molecule has 0 aliphatic carbocycles. The first-order valence-corrected chi connectivity index (χ1v) is 6.29. The Labute approximate surface area is 115 Å². The Kier molecular flexibility index (Phi) is 2.91. The predicted molar refractivity (Wildman–Crippen MR) is 76.9 cm³/mol. The number of aromatic nitrogens is 1. The second-order valence-corrected chi connectivity index (χ2v) is 4.90. The van der Waals surface area contributed by atoms with E-state index >= 15 is 0 Å². The molecule has 2 aromatic carbocycles. The maximum absolute atomic E-state index is 13.1. The number of benzene rings is 2. The minimum absolute atomic E-state index is 0.226. The fourth-order valence-electron chi connectivity index (χ4n) is 2.18. The zero-order chi connectivity index (χ0) is 13.4. The summed E-state index contributed by atoms with van der Waals surface area (Å²) in [5.74, 6) is -0.226. The molecule has 0 radical (unpaired) electrons. The highest BCUT2D eigenvalue weighted by atomic mass is 35.5. The molecule has 0 unspecified atom stereocenters. The van der Waals surface area contributed by atoms with Crippen LogP contribution in [0.5, 0.6) is 0 Å². The van der Waals surface area contributed by atoms with Gasteiger partial charge in [-0.3, -0.25) is 0 Å². The molecule has 0 spiro atoms. The van der Waals surface area contributed by atoms with Crippen LogP contribution in [0.4, 0.5) is 10.1 Å². The van der Waals surface area contributed by atoms with Crippen molar-refractivity contribution in [3.05, 3.63) is 65.1 Å². The van der Waals surface area contributed by atoms with Gasteiger partial charge in [0.1, 0.15) is 5.82 Å². The molecule has 19 heavy (non-hydrogen) atoms. The Morgan fingerprint density at radius 1 is 1.11 bits per heavy atom. The molecule has 0 aliphatic rings. The highest BCUT2D eigenvalue weighted by Crippen LogP contribution is 2.23. The van der Waals surface area contributed by atoms with Gasteiger partial charge in [-0.25, -0.2) is 4.39 Å². The lowest BCUT2D eigenvalue weighted by atomic mass is 10.2. The molecule has 2 nitrogen and oxygen atoms in total. The van der Waals surface area contributed by atoms with Crippen LogP contribution in [0.15, 0.2) is 48.7 Å². The summed E-state index contributed by atoms with van der Waals surface area (Å²) in [5.41, 5.74) is 8.29. The Morgan fingerprint density at radius 2 is 1.95 bits per heavy atom. The molecule has 4 heteroatoms. The van der Waals surface area contributed by atoms with Crippen LogP contribution in [-0.4, -0.2) is 4.57 Å². The molecule has 0 saturated heterocycles. The summed E-state index contributed by atoms with van der Waals surface area (Å²) in [6.45, 7) is 0.633. The molecule has 1 aromatic heterocycles. The van der Waals surface area contributed by atoms with Crippen LogP contribution in [0.1, 0.15) is 5.56 Å². The van der Waals surface area contributed by atoms with E-state index < -0.39 is 0 Å². The summed E-state index contributed by atoms with van der Waals surface area (Å²) in [4.78, 5) is 0. The quantitative estimate of drug-likeness (QED) is 0.702. The minimum Gasteiger partial charge on any atom is -0.399 e. The van der Waals surface area contributed by atoms with E-state index in [2.05, 4.69) is 0 Å². The van der Waals surface area contributed by atoms with E-state index in [0.717, 1.165) is 16.5 Å². The summed E-state index contributed by atoms with van der Waals surface area (Å²) in [6.07, 6.45) is 1.93. The van der Waals surface area contributed by atoms with Crippen molar-refractivity contribution < 1.29 is 4.39 Å². The molecule has 0 saturated carbocycles. The van der Waals surface area contributed by atoms with E-state index in [1.54, 1.807) is 12.1 Å². The molecule has 0 bridgehead atoms. The molecule has 0 fully saturated rings. The Morgan fingerprint density at radius 3 is 2.74 bits per heavy atom. The van der Waals surface area contributed by atoms with Crippen LogP contribution in [-0.2, 0) is 6.54 Å². The topological polar surface area (TPSA) is 30.9 Å². The summed E-state index contributed by atoms with van der Waals surface area (Å²) >= 11 is 6.17. The van der Waals surface area contributed by atoms with E-state index in [1.807, 2.05) is 29.0 Å². The molecule has 1 heterocycles. The zero-order valence-corrected chi connectivity index (χ0v) is 10.9. The lowest BCUT2D eigenvalue weighted by molar-refractivity contribution is 0.629. The largest absolute Gasteiger partial charge is 0.399 e. The average molecular weight is 275 g/mol. The van der Waals surface area contributed by atoms with Gasteiger partial charge >= 0.3 is 0 Å². The van der Waals surface area contributed by atoms with Crippen molar-refractivity contribution in [1.29, 1.82) is 0 Å². The smallest absolute Gasteiger partial charge is 0.123 e. The van der Waals surface area contributed by atoms with Gasteiger partial charge in [0.15, 0.2) is 0 Å². The van der Waals surface area contributed by atoms with Crippen LogP contribution in [0.3, 0.4) is 0 Å². The molecule has 0 atom stereocenters. The summed E-state index contributed by atoms with van der Waals surface area (Å²) in [5, 5.41) is 1.52. The van der Waals surface area contributed by atoms with Gasteiger partial charge in [0.2, 0.25) is 0 Å². The molecular formula is C15H12ClFN2. The first-order valence-electron chi connectivity index (χ1n) is 5.92. The number of nitrogens with zero attached hydrogens (tertiary/aromatic N) is 1. The zero-order valence-electron chi connectivity index (χ0n) is 10.1. The van der Waals surface area contributed by atoms with E-state index in [-0.39, 0.29) is 5.82 Å². The maximum atomic E-state index is 13.1. The van der Waals surface area contributed by atoms with Crippen molar-refractivity contribution in [2.45, 2.75) is 6.54 Å². The van der Waals surface area contributed by atoms with Crippen molar-refractivity contribution in [3.8, 4) is 0 Å². The molecule has 3 rings (SSSR count). The number of hydrogen-bond donors (Lipinski definition) is 1. The number of nitrogen functional groups attached to an aromatic ring is 1. The number of rotatable bonds is 2. The molecule has 0 amide bonds. The van der Waals surface area contributed by atoms with Gasteiger partial charge in [0.25, 0.3) is 0 Å². The number of anilines is 1. The van der Waals surface area contributed by atoms with E-state index in [9.17, 15) is 4.39 Å². The standard InChI is InChI=1S/C15H12ClFN2/c16-14-8-13(18)3-1-11(14)9-19-6-5-10-7-12(17)2-4-15(10)19/h1-8H,9,18H2. The van der Waals surface area contributed by atoms with Crippen molar-refractivity contribution in [1.82, 2.24) is 4.57 Å². The molecule has 0 aliphatic heterocycles. The molecule has 96 valence electrons. The second kappa shape index (κ2) is 4.59. The van der Waals surface area contributed by atoms with Crippen molar-refractivity contribution >= 4 is 28.2 Å². The van der Waals surface area contributed by atoms with Crippen molar-refractivity contribution in [3.63, 3.8) is 0 Å². The first-order chi connectivity index (χ1) is 9.13. The van der Waals surface area contributed by atoms with E-state index in [1.165, 1.54) is 12.1 Å². The third-order valence-corrected chi connectivity index (χ3v) is 3.50. The predicted octanol–water partition coefficient (Wildman–Crippen LogP) is 4.06. The highest BCUT2D eigenvalue weighted by Gasteiger charge is 2.05. The number of halogens is 2. The SMILES string of the molecule is Nc1ccc(Cn2ccc3cc(F)ccc32)c(Cl)c1. The lowest BCUT2D eigenvalue weighted by Crippen LogP contribution is -1.99. The normalized spacial score (nSPS) is 11.1. The summed E-state index contributed by atoms with van der Waals surface area (Å²) < 4.78 is 15.2. The number of fused-ring (bicyclic) bond motifs is 1. The van der Waals surface area contributed by atoms with E-state index in [0.29, 0.717) is 17.3 Å². The fraction of sp³-hybridized carbons (Fsp3) is 0.0667. The maximum Gasteiger partial charge on any atom is 0.123 e. The van der Waals surface area contributed by atoms with Gasteiger partial charge in [-0.1, -0.05) is 17.7 Å². The Hall–Kier alpha value is -2.00. The Balaban J connectivity index is 2.01. The van der Waals surface area contributed by atoms with Gasteiger partial charge in [-0.05, 0) is 42.0 Å². The molecule has 2 N–H and O–H groups in total. The first kappa shape index (κ1) is 12.1. The van der Waals surface area contributed by atoms with Crippen LogP contribution in [0.2, 0.25) is 5.02 Å². The summed E-state index contributed by atoms with van der Waals surface area (Å²) in [6, 6.07) is 12.1. The van der Waals surface area contributed by atoms with Crippen molar-refractivity contribution in [2.24, 2.45) is 0 Å². The minimum atomic E-state index is -0.226. The second-order valence-electron chi connectivity index (χ2n) is 4.50. The van der Waals surface area contributed by atoms with Crippen LogP contribution < -0.4 is 5.73 Å². The fourth-order valence-corrected chi connectivity index (χ4v) is 2.43. The van der Waals surface area contributed by atoms with Crippen LogP contribution >= 0.6 is 11.6 Å². The molecule has 3 aromatic rings. The third-order valence-electron chi connectivity index (χ3n) is 3.15. The van der Waals surface area contributed by atoms with Gasteiger partial charge in [0.05, 0.1) is 0 Å². The van der Waals surface area contributed by atoms with E-state index in [4.69, 9.17) is 17.3 Å². The van der Waals surface area contributed by atoms with Gasteiger partial charge in [0, 0.05) is 34.4 Å². The number of hydrogen-bond acceptors (Lipinski definition) is 1. The van der Waals surface area contributed by atoms with Gasteiger partial charge in [-0.2, -0.15) is 0 Å². The monoisotopic (exact) mass is 274 g/mol. The third kappa shape index (κ3) is 2.29.